The Morgan fingerprint density at radius 3 is 2.48 bits per heavy atom. The maximum Gasteiger partial charge on any atom is 0.342 e. The van der Waals surface area contributed by atoms with Crippen molar-refractivity contribution in [1.82, 2.24) is 4.72 Å². The van der Waals surface area contributed by atoms with Crippen molar-refractivity contribution in [1.29, 1.82) is 0 Å². The molecule has 0 fully saturated rings. The minimum atomic E-state index is -3.95. The standard InChI is InChI=1S/C29H33NO9S/c1-6-22(31)39-26-23(25(37-4)16(2)21-15-38-27(32)24(21)26)19-13-12-18(14-19)17(3)29(28(33)34,30-40(5,35)36)20-10-8-7-9-11-20/h7-11,14,17,19,30H,6,12-13,15H2,1-5H3,(H,33,34). The minimum absolute atomic E-state index is 0.0332. The Morgan fingerprint density at radius 1 is 1.23 bits per heavy atom. The number of carbonyl (C=O) groups excluding carboxylic acids is 2. The Labute approximate surface area is 233 Å². The highest BCUT2D eigenvalue weighted by Crippen LogP contribution is 2.51. The SMILES string of the molecule is CCC(=O)Oc1c2c(c(C)c(OC)c1C1C=C(C(C)C(NS(C)(=O)=O)(C(=O)O)c3ccccc3)CC1)COC2=O. The average molecular weight is 572 g/mol. The number of cyclic esters (lactones) is 1. The van der Waals surface area contributed by atoms with E-state index in [1.807, 2.05) is 6.08 Å². The first kappa shape index (κ1) is 29.3. The third-order valence-electron chi connectivity index (χ3n) is 7.72. The number of benzene rings is 2. The monoisotopic (exact) mass is 571 g/mol. The second-order valence-corrected chi connectivity index (χ2v) is 11.9. The van der Waals surface area contributed by atoms with Crippen LogP contribution in [0.2, 0.25) is 0 Å². The first-order valence-electron chi connectivity index (χ1n) is 12.9. The molecule has 214 valence electrons. The smallest absolute Gasteiger partial charge is 0.342 e. The van der Waals surface area contributed by atoms with Gasteiger partial charge in [-0.2, -0.15) is 4.72 Å². The van der Waals surface area contributed by atoms with Gasteiger partial charge in [0.2, 0.25) is 10.0 Å². The van der Waals surface area contributed by atoms with Gasteiger partial charge >= 0.3 is 17.9 Å². The molecule has 0 radical (unpaired) electrons. The quantitative estimate of drug-likeness (QED) is 0.246. The van der Waals surface area contributed by atoms with Crippen LogP contribution in [0.3, 0.4) is 0 Å². The zero-order valence-electron chi connectivity index (χ0n) is 23.1. The Morgan fingerprint density at radius 2 is 1.90 bits per heavy atom. The number of carboxylic acids is 1. The second-order valence-electron chi connectivity index (χ2n) is 10.1. The van der Waals surface area contributed by atoms with Gasteiger partial charge < -0.3 is 19.3 Å². The van der Waals surface area contributed by atoms with Gasteiger partial charge in [-0.1, -0.05) is 55.8 Å². The first-order chi connectivity index (χ1) is 18.9. The Balaban J connectivity index is 1.89. The zero-order chi connectivity index (χ0) is 29.4. The second kappa shape index (κ2) is 11.1. The van der Waals surface area contributed by atoms with Gasteiger partial charge in [0.15, 0.2) is 11.3 Å². The summed E-state index contributed by atoms with van der Waals surface area (Å²) in [5.74, 6) is -3.15. The summed E-state index contributed by atoms with van der Waals surface area (Å²) < 4.78 is 44.1. The van der Waals surface area contributed by atoms with Crippen molar-refractivity contribution in [3.63, 3.8) is 0 Å². The first-order valence-corrected chi connectivity index (χ1v) is 14.8. The molecule has 2 aliphatic rings. The summed E-state index contributed by atoms with van der Waals surface area (Å²) in [6, 6.07) is 8.19. The number of carbonyl (C=O) groups is 3. The van der Waals surface area contributed by atoms with Gasteiger partial charge in [0.05, 0.1) is 13.4 Å². The molecular formula is C29H33NO9S. The number of ether oxygens (including phenoxy) is 3. The van der Waals surface area contributed by atoms with Gasteiger partial charge in [-0.3, -0.25) is 4.79 Å². The molecule has 1 heterocycles. The Bertz CT molecular complexity index is 1500. The zero-order valence-corrected chi connectivity index (χ0v) is 23.9. The summed E-state index contributed by atoms with van der Waals surface area (Å²) >= 11 is 0. The van der Waals surface area contributed by atoms with Crippen molar-refractivity contribution in [3.8, 4) is 11.5 Å². The van der Waals surface area contributed by atoms with Crippen LogP contribution >= 0.6 is 0 Å². The number of esters is 2. The summed E-state index contributed by atoms with van der Waals surface area (Å²) in [7, 11) is -2.46. The van der Waals surface area contributed by atoms with E-state index in [-0.39, 0.29) is 29.9 Å². The normalized spacial score (nSPS) is 18.8. The lowest BCUT2D eigenvalue weighted by atomic mass is 9.75. The molecule has 0 spiro atoms. The lowest BCUT2D eigenvalue weighted by Gasteiger charge is -2.36. The van der Waals surface area contributed by atoms with Crippen molar-refractivity contribution < 1.29 is 42.1 Å². The molecular weight excluding hydrogens is 538 g/mol. The van der Waals surface area contributed by atoms with Crippen LogP contribution in [0.1, 0.15) is 71.6 Å². The fourth-order valence-electron chi connectivity index (χ4n) is 5.76. The number of hydrogen-bond donors (Lipinski definition) is 2. The molecule has 0 aromatic heterocycles. The number of rotatable bonds is 10. The summed E-state index contributed by atoms with van der Waals surface area (Å²) in [6.07, 6.45) is 3.80. The van der Waals surface area contributed by atoms with E-state index < -0.39 is 45.3 Å². The Kier molecular flexibility index (Phi) is 8.09. The van der Waals surface area contributed by atoms with Crippen LogP contribution in [0.5, 0.6) is 11.5 Å². The summed E-state index contributed by atoms with van der Waals surface area (Å²) in [6.45, 7) is 5.16. The lowest BCUT2D eigenvalue weighted by Crippen LogP contribution is -2.56. The number of fused-ring (bicyclic) bond motifs is 1. The molecule has 2 N–H and O–H groups in total. The third-order valence-corrected chi connectivity index (χ3v) is 8.41. The predicted molar refractivity (Wildman–Crippen MR) is 146 cm³/mol. The van der Waals surface area contributed by atoms with Crippen LogP contribution in [0.15, 0.2) is 42.0 Å². The molecule has 0 saturated heterocycles. The highest BCUT2D eigenvalue weighted by Gasteiger charge is 2.50. The molecule has 0 amide bonds. The van der Waals surface area contributed by atoms with Crippen LogP contribution in [0.25, 0.3) is 0 Å². The average Bonchev–Trinajstić information content (AvgIpc) is 3.55. The van der Waals surface area contributed by atoms with Crippen molar-refractivity contribution in [2.24, 2.45) is 5.92 Å². The molecule has 4 rings (SSSR count). The number of carboxylic acid groups (broad SMARTS) is 1. The summed E-state index contributed by atoms with van der Waals surface area (Å²) in [5, 5.41) is 10.5. The van der Waals surface area contributed by atoms with E-state index in [2.05, 4.69) is 4.72 Å². The van der Waals surface area contributed by atoms with Gasteiger partial charge in [0.25, 0.3) is 0 Å². The maximum atomic E-state index is 12.9. The Hall–Kier alpha value is -3.70. The molecule has 3 atom stereocenters. The molecule has 11 heteroatoms. The summed E-state index contributed by atoms with van der Waals surface area (Å²) in [4.78, 5) is 38.1. The number of nitrogens with one attached hydrogen (secondary N) is 1. The fraction of sp³-hybridized carbons (Fsp3) is 0.414. The number of allylic oxidation sites excluding steroid dienone is 1. The van der Waals surface area contributed by atoms with E-state index >= 15 is 0 Å². The van der Waals surface area contributed by atoms with E-state index in [9.17, 15) is 27.9 Å². The summed E-state index contributed by atoms with van der Waals surface area (Å²) in [5.41, 5.74) is 0.971. The van der Waals surface area contributed by atoms with Crippen LogP contribution in [-0.2, 0) is 36.5 Å². The highest BCUT2D eigenvalue weighted by atomic mass is 32.2. The number of sulfonamides is 1. The van der Waals surface area contributed by atoms with Crippen LogP contribution in [0, 0.1) is 12.8 Å². The highest BCUT2D eigenvalue weighted by molar-refractivity contribution is 7.88. The number of aliphatic carboxylic acids is 1. The van der Waals surface area contributed by atoms with Gasteiger partial charge in [-0.05, 0) is 30.9 Å². The van der Waals surface area contributed by atoms with Crippen LogP contribution in [-0.4, -0.2) is 44.8 Å². The van der Waals surface area contributed by atoms with Crippen LogP contribution < -0.4 is 14.2 Å². The van der Waals surface area contributed by atoms with Gasteiger partial charge in [0.1, 0.15) is 17.9 Å². The molecule has 40 heavy (non-hydrogen) atoms. The van der Waals surface area contributed by atoms with Gasteiger partial charge in [0, 0.05) is 29.4 Å². The number of hydrogen-bond acceptors (Lipinski definition) is 8. The fourth-order valence-corrected chi connectivity index (χ4v) is 6.72. The molecule has 2 aromatic carbocycles. The van der Waals surface area contributed by atoms with Crippen molar-refractivity contribution in [2.45, 2.75) is 58.1 Å². The van der Waals surface area contributed by atoms with Crippen molar-refractivity contribution in [2.75, 3.05) is 13.4 Å². The van der Waals surface area contributed by atoms with Gasteiger partial charge in [-0.15, -0.1) is 0 Å². The van der Waals surface area contributed by atoms with Crippen molar-refractivity contribution in [3.05, 3.63) is 69.8 Å². The third kappa shape index (κ3) is 5.11. The van der Waals surface area contributed by atoms with Gasteiger partial charge in [-0.25, -0.2) is 18.0 Å². The topological polar surface area (TPSA) is 145 Å². The van der Waals surface area contributed by atoms with Crippen molar-refractivity contribution >= 4 is 27.9 Å². The molecule has 3 unspecified atom stereocenters. The van der Waals surface area contributed by atoms with Crippen LogP contribution in [0.4, 0.5) is 0 Å². The molecule has 0 saturated carbocycles. The van der Waals surface area contributed by atoms with E-state index in [0.29, 0.717) is 40.9 Å². The van der Waals surface area contributed by atoms with E-state index in [4.69, 9.17) is 14.2 Å². The molecule has 1 aliphatic carbocycles. The van der Waals surface area contributed by atoms with E-state index in [0.717, 1.165) is 6.26 Å². The van der Waals surface area contributed by atoms with E-state index in [1.165, 1.54) is 7.11 Å². The van der Waals surface area contributed by atoms with E-state index in [1.54, 1.807) is 51.1 Å². The number of methoxy groups -OCH3 is 1. The molecule has 2 aromatic rings. The largest absolute Gasteiger partial charge is 0.496 e. The lowest BCUT2D eigenvalue weighted by molar-refractivity contribution is -0.146. The molecule has 0 bridgehead atoms. The predicted octanol–water partition coefficient (Wildman–Crippen LogP) is 3.96. The maximum absolute atomic E-state index is 12.9. The molecule has 1 aliphatic heterocycles. The molecule has 10 nitrogen and oxygen atoms in total. The minimum Gasteiger partial charge on any atom is -0.496 e.